The van der Waals surface area contributed by atoms with Crippen molar-refractivity contribution in [3.8, 4) is 0 Å². The lowest BCUT2D eigenvalue weighted by atomic mass is 10.0. The van der Waals surface area contributed by atoms with Crippen LogP contribution in [-0.4, -0.2) is 56.2 Å². The predicted octanol–water partition coefficient (Wildman–Crippen LogP) is 0.882. The van der Waals surface area contributed by atoms with E-state index in [1.54, 1.807) is 0 Å². The van der Waals surface area contributed by atoms with Crippen molar-refractivity contribution >= 4 is 6.09 Å². The van der Waals surface area contributed by atoms with Crippen LogP contribution in [0.1, 0.15) is 7.43 Å². The molecule has 14 heavy (non-hydrogen) atoms. The molecule has 2 fully saturated rings. The standard InChI is InChI=1S/C9H16N2O2.CH4/c1-10-3-7-5-11(9(12)13-2)6-8(7)4-10;/h7-8H,3-6H2,1-2H3;1H4/t7-,8?;/m1./s1. The van der Waals surface area contributed by atoms with Gasteiger partial charge in [0, 0.05) is 26.2 Å². The highest BCUT2D eigenvalue weighted by atomic mass is 16.5. The maximum Gasteiger partial charge on any atom is 0.409 e. The van der Waals surface area contributed by atoms with Crippen LogP contribution in [0, 0.1) is 11.8 Å². The Morgan fingerprint density at radius 1 is 1.21 bits per heavy atom. The number of likely N-dealkylation sites (tertiary alicyclic amines) is 2. The average Bonchev–Trinajstić information content (AvgIpc) is 2.59. The van der Waals surface area contributed by atoms with Crippen LogP contribution in [-0.2, 0) is 4.74 Å². The van der Waals surface area contributed by atoms with Crippen molar-refractivity contribution in [1.82, 2.24) is 9.80 Å². The fourth-order valence-electron chi connectivity index (χ4n) is 2.51. The van der Waals surface area contributed by atoms with E-state index in [-0.39, 0.29) is 13.5 Å². The zero-order chi connectivity index (χ0) is 9.42. The minimum absolute atomic E-state index is 0. The van der Waals surface area contributed by atoms with Gasteiger partial charge >= 0.3 is 6.09 Å². The first-order valence-electron chi connectivity index (χ1n) is 4.72. The Morgan fingerprint density at radius 3 is 2.14 bits per heavy atom. The van der Waals surface area contributed by atoms with Crippen molar-refractivity contribution in [1.29, 1.82) is 0 Å². The number of hydrogen-bond donors (Lipinski definition) is 0. The molecule has 0 bridgehead atoms. The third-order valence-corrected chi connectivity index (χ3v) is 3.10. The Labute approximate surface area is 85.8 Å². The van der Waals surface area contributed by atoms with E-state index in [1.807, 2.05) is 4.90 Å². The normalized spacial score (nSPS) is 31.1. The summed E-state index contributed by atoms with van der Waals surface area (Å²) in [7, 11) is 3.59. The summed E-state index contributed by atoms with van der Waals surface area (Å²) < 4.78 is 4.70. The highest BCUT2D eigenvalue weighted by Gasteiger charge is 2.40. The molecule has 2 saturated heterocycles. The molecule has 0 radical (unpaired) electrons. The monoisotopic (exact) mass is 200 g/mol. The van der Waals surface area contributed by atoms with Crippen LogP contribution < -0.4 is 0 Å². The van der Waals surface area contributed by atoms with Crippen LogP contribution in [0.15, 0.2) is 0 Å². The number of rotatable bonds is 0. The maximum absolute atomic E-state index is 11.2. The molecule has 2 rings (SSSR count). The van der Waals surface area contributed by atoms with E-state index >= 15 is 0 Å². The molecule has 2 heterocycles. The van der Waals surface area contributed by atoms with Crippen molar-refractivity contribution in [2.24, 2.45) is 11.8 Å². The summed E-state index contributed by atoms with van der Waals surface area (Å²) in [6, 6.07) is 0. The summed E-state index contributed by atoms with van der Waals surface area (Å²) in [5, 5.41) is 0. The zero-order valence-electron chi connectivity index (χ0n) is 8.19. The number of ether oxygens (including phenoxy) is 1. The van der Waals surface area contributed by atoms with E-state index in [4.69, 9.17) is 4.74 Å². The number of amides is 1. The van der Waals surface area contributed by atoms with Crippen LogP contribution in [0.3, 0.4) is 0 Å². The van der Waals surface area contributed by atoms with Crippen molar-refractivity contribution in [2.75, 3.05) is 40.3 Å². The number of carbonyl (C=O) groups excluding carboxylic acids is 1. The van der Waals surface area contributed by atoms with Crippen molar-refractivity contribution in [3.05, 3.63) is 0 Å². The van der Waals surface area contributed by atoms with Crippen LogP contribution in [0.4, 0.5) is 4.79 Å². The molecular weight excluding hydrogens is 180 g/mol. The molecule has 0 N–H and O–H groups in total. The zero-order valence-corrected chi connectivity index (χ0v) is 8.19. The maximum atomic E-state index is 11.2. The SMILES string of the molecule is C.COC(=O)N1CC2CN(C)C[C@@H]2C1. The second-order valence-corrected chi connectivity index (χ2v) is 4.12. The number of nitrogens with zero attached hydrogens (tertiary/aromatic N) is 2. The van der Waals surface area contributed by atoms with Gasteiger partial charge in [-0.2, -0.15) is 0 Å². The summed E-state index contributed by atoms with van der Waals surface area (Å²) in [5.74, 6) is 1.34. The predicted molar refractivity (Wildman–Crippen MR) is 55.2 cm³/mol. The average molecular weight is 200 g/mol. The fraction of sp³-hybridized carbons (Fsp3) is 0.900. The van der Waals surface area contributed by atoms with Crippen molar-refractivity contribution in [3.63, 3.8) is 0 Å². The van der Waals surface area contributed by atoms with Crippen molar-refractivity contribution < 1.29 is 9.53 Å². The summed E-state index contributed by atoms with van der Waals surface area (Å²) in [4.78, 5) is 15.4. The second kappa shape index (κ2) is 4.17. The third kappa shape index (κ3) is 1.85. The molecule has 4 heteroatoms. The van der Waals surface area contributed by atoms with Gasteiger partial charge in [-0.3, -0.25) is 0 Å². The minimum atomic E-state index is -0.169. The highest BCUT2D eigenvalue weighted by molar-refractivity contribution is 5.67. The molecule has 0 spiro atoms. The molecule has 82 valence electrons. The quantitative estimate of drug-likeness (QED) is 0.582. The van der Waals surface area contributed by atoms with Gasteiger partial charge in [-0.1, -0.05) is 7.43 Å². The van der Waals surface area contributed by atoms with Gasteiger partial charge in [0.2, 0.25) is 0 Å². The van der Waals surface area contributed by atoms with Gasteiger partial charge in [-0.05, 0) is 18.9 Å². The van der Waals surface area contributed by atoms with E-state index in [2.05, 4.69) is 11.9 Å². The van der Waals surface area contributed by atoms with Gasteiger partial charge < -0.3 is 14.5 Å². The molecule has 4 nitrogen and oxygen atoms in total. The Hall–Kier alpha value is -0.770. The molecule has 0 saturated carbocycles. The summed E-state index contributed by atoms with van der Waals surface area (Å²) in [6.45, 7) is 4.00. The smallest absolute Gasteiger partial charge is 0.409 e. The van der Waals surface area contributed by atoms with Crippen molar-refractivity contribution in [2.45, 2.75) is 7.43 Å². The lowest BCUT2D eigenvalue weighted by Crippen LogP contribution is -2.32. The first kappa shape index (κ1) is 11.3. The summed E-state index contributed by atoms with van der Waals surface area (Å²) in [6.07, 6.45) is -0.169. The fourth-order valence-corrected chi connectivity index (χ4v) is 2.51. The summed E-state index contributed by atoms with van der Waals surface area (Å²) in [5.41, 5.74) is 0. The van der Waals surface area contributed by atoms with Crippen LogP contribution in [0.25, 0.3) is 0 Å². The molecule has 1 amide bonds. The topological polar surface area (TPSA) is 32.8 Å². The van der Waals surface area contributed by atoms with Gasteiger partial charge in [-0.15, -0.1) is 0 Å². The highest BCUT2D eigenvalue weighted by Crippen LogP contribution is 2.30. The molecule has 2 aliphatic heterocycles. The first-order valence-corrected chi connectivity index (χ1v) is 4.72. The van der Waals surface area contributed by atoms with Gasteiger partial charge in [0.15, 0.2) is 0 Å². The number of hydrogen-bond acceptors (Lipinski definition) is 3. The number of methoxy groups -OCH3 is 1. The molecule has 1 unspecified atom stereocenters. The van der Waals surface area contributed by atoms with Crippen LogP contribution in [0.2, 0.25) is 0 Å². The Kier molecular flexibility index (Phi) is 3.37. The molecule has 2 atom stereocenters. The van der Waals surface area contributed by atoms with Gasteiger partial charge in [0.25, 0.3) is 0 Å². The van der Waals surface area contributed by atoms with Gasteiger partial charge in [-0.25, -0.2) is 4.79 Å². The molecular formula is C10H20N2O2. The molecule has 2 aliphatic rings. The minimum Gasteiger partial charge on any atom is -0.453 e. The van der Waals surface area contributed by atoms with E-state index in [9.17, 15) is 4.79 Å². The van der Waals surface area contributed by atoms with E-state index < -0.39 is 0 Å². The molecule has 0 aromatic heterocycles. The van der Waals surface area contributed by atoms with Gasteiger partial charge in [0.05, 0.1) is 7.11 Å². The Morgan fingerprint density at radius 2 is 1.71 bits per heavy atom. The largest absolute Gasteiger partial charge is 0.453 e. The second-order valence-electron chi connectivity index (χ2n) is 4.12. The first-order chi connectivity index (χ1) is 6.20. The summed E-state index contributed by atoms with van der Waals surface area (Å²) >= 11 is 0. The molecule has 0 aromatic carbocycles. The van der Waals surface area contributed by atoms with E-state index in [0.29, 0.717) is 11.8 Å². The van der Waals surface area contributed by atoms with Crippen LogP contribution in [0.5, 0.6) is 0 Å². The molecule has 0 aromatic rings. The van der Waals surface area contributed by atoms with E-state index in [0.717, 1.165) is 26.2 Å². The lowest BCUT2D eigenvalue weighted by Gasteiger charge is -2.17. The van der Waals surface area contributed by atoms with Gasteiger partial charge in [0.1, 0.15) is 0 Å². The number of carbonyl (C=O) groups is 1. The Balaban J connectivity index is 0.000000980. The molecule has 0 aliphatic carbocycles. The van der Waals surface area contributed by atoms with E-state index in [1.165, 1.54) is 7.11 Å². The number of fused-ring (bicyclic) bond motifs is 1. The lowest BCUT2D eigenvalue weighted by molar-refractivity contribution is 0.128. The Bertz CT molecular complexity index is 206. The van der Waals surface area contributed by atoms with Crippen LogP contribution >= 0.6 is 0 Å². The third-order valence-electron chi connectivity index (χ3n) is 3.10.